The molecule has 0 spiro atoms. The Morgan fingerprint density at radius 2 is 1.81 bits per heavy atom. The van der Waals surface area contributed by atoms with Crippen LogP contribution in [0.2, 0.25) is 0 Å². The summed E-state index contributed by atoms with van der Waals surface area (Å²) in [5.74, 6) is 2.05. The summed E-state index contributed by atoms with van der Waals surface area (Å²) in [5, 5.41) is 0. The summed E-state index contributed by atoms with van der Waals surface area (Å²) in [4.78, 5) is 0. The van der Waals surface area contributed by atoms with Gasteiger partial charge in [0.25, 0.3) is 0 Å². The Bertz CT molecular complexity index is 261. The number of hydrogen-bond donors (Lipinski definition) is 0. The van der Waals surface area contributed by atoms with E-state index in [1.165, 1.54) is 19.3 Å². The van der Waals surface area contributed by atoms with Crippen LogP contribution in [0.15, 0.2) is 12.7 Å². The maximum atomic E-state index is 4.40. The molecule has 0 aromatic rings. The van der Waals surface area contributed by atoms with Crippen LogP contribution < -0.4 is 12.4 Å². The van der Waals surface area contributed by atoms with Crippen molar-refractivity contribution in [2.24, 2.45) is 28.6 Å². The number of halogens is 1. The predicted octanol–water partition coefficient (Wildman–Crippen LogP) is 0.708. The van der Waals surface area contributed by atoms with Gasteiger partial charge in [-0.2, -0.15) is 5.92 Å². The minimum Gasteiger partial charge on any atom is -1.00 e. The predicted molar refractivity (Wildman–Crippen MR) is 67.5 cm³/mol. The molecule has 2 heteroatoms. The van der Waals surface area contributed by atoms with Crippen LogP contribution in [0.1, 0.15) is 40.0 Å². The largest absolute Gasteiger partial charge is 2.00 e. The van der Waals surface area contributed by atoms with Gasteiger partial charge in [0.2, 0.25) is 0 Å². The number of hydrogen-bond acceptors (Lipinski definition) is 0. The minimum absolute atomic E-state index is 0. The van der Waals surface area contributed by atoms with Crippen LogP contribution in [0.3, 0.4) is 0 Å². The zero-order valence-corrected chi connectivity index (χ0v) is 13.1. The second-order valence-corrected chi connectivity index (χ2v) is 6.39. The van der Waals surface area contributed by atoms with Gasteiger partial charge in [-0.05, 0) is 36.0 Å². The molecule has 2 unspecified atom stereocenters. The van der Waals surface area contributed by atoms with Gasteiger partial charge < -0.3 is 19.3 Å². The van der Waals surface area contributed by atoms with E-state index >= 15 is 0 Å². The number of allylic oxidation sites excluding steroid dienone is 1. The Balaban J connectivity index is 0.00000112. The molecule has 2 saturated carbocycles. The number of fused-ring (bicyclic) bond motifs is 1. The van der Waals surface area contributed by atoms with Crippen LogP contribution in [-0.4, -0.2) is 23.1 Å². The fourth-order valence-electron chi connectivity index (χ4n) is 4.38. The topological polar surface area (TPSA) is 0 Å². The molecule has 0 nitrogen and oxygen atoms in total. The van der Waals surface area contributed by atoms with E-state index in [-0.39, 0.29) is 35.5 Å². The maximum Gasteiger partial charge on any atom is 2.00 e. The first-order valence-electron chi connectivity index (χ1n) is 5.86. The van der Waals surface area contributed by atoms with Crippen LogP contribution in [0.25, 0.3) is 0 Å². The Labute approximate surface area is 123 Å². The molecular formula is C14H23ClMg. The van der Waals surface area contributed by atoms with E-state index in [0.717, 1.165) is 5.92 Å². The Morgan fingerprint density at radius 3 is 2.25 bits per heavy atom. The minimum atomic E-state index is 0. The molecule has 0 aliphatic heterocycles. The van der Waals surface area contributed by atoms with Gasteiger partial charge in [0.15, 0.2) is 0 Å². The average Bonchev–Trinajstić information content (AvgIpc) is 2.48. The molecule has 2 fully saturated rings. The summed E-state index contributed by atoms with van der Waals surface area (Å²) in [7, 11) is 0. The number of rotatable bonds is 1. The van der Waals surface area contributed by atoms with Crippen LogP contribution in [-0.2, 0) is 0 Å². The van der Waals surface area contributed by atoms with Crippen molar-refractivity contribution >= 4 is 23.1 Å². The van der Waals surface area contributed by atoms with E-state index in [4.69, 9.17) is 0 Å². The van der Waals surface area contributed by atoms with E-state index in [2.05, 4.69) is 40.3 Å². The van der Waals surface area contributed by atoms with Gasteiger partial charge in [-0.1, -0.05) is 32.8 Å². The standard InChI is InChI=1S/C14H23.ClH.Mg/c1-6-11-9-14(5)8-7-13(3,4)12(14)10(11)2;;/h6,10-12H,1-2,7-9H2,3-5H3;1H;/q-1;;+2/p-1/t10?,11?,12-,14-;;/m1../s1. The SMILES string of the molecule is C=CC1C[C@@]2(C)CCC(C)(C)[C@H]2C1[CH2-].[Cl-].[Mg+2]. The van der Waals surface area contributed by atoms with E-state index in [1.807, 2.05) is 0 Å². The third-order valence-corrected chi connectivity index (χ3v) is 4.92. The Morgan fingerprint density at radius 1 is 1.25 bits per heavy atom. The fraction of sp³-hybridized carbons (Fsp3) is 0.786. The molecule has 88 valence electrons. The second-order valence-electron chi connectivity index (χ2n) is 6.39. The molecule has 16 heavy (non-hydrogen) atoms. The molecule has 0 bridgehead atoms. The first-order valence-corrected chi connectivity index (χ1v) is 5.86. The second kappa shape index (κ2) is 5.20. The summed E-state index contributed by atoms with van der Waals surface area (Å²) in [6.45, 7) is 15.7. The molecule has 2 rings (SSSR count). The van der Waals surface area contributed by atoms with Gasteiger partial charge in [0.1, 0.15) is 0 Å². The molecular weight excluding hydrogens is 228 g/mol. The summed E-state index contributed by atoms with van der Waals surface area (Å²) >= 11 is 0. The fourth-order valence-corrected chi connectivity index (χ4v) is 4.38. The maximum absolute atomic E-state index is 4.40. The zero-order valence-electron chi connectivity index (χ0n) is 10.9. The first kappa shape index (κ1) is 16.8. The Kier molecular flexibility index (Phi) is 5.46. The van der Waals surface area contributed by atoms with E-state index < -0.39 is 0 Å². The molecule has 2 aliphatic carbocycles. The van der Waals surface area contributed by atoms with E-state index in [1.54, 1.807) is 0 Å². The van der Waals surface area contributed by atoms with Crippen molar-refractivity contribution < 1.29 is 12.4 Å². The van der Waals surface area contributed by atoms with Gasteiger partial charge >= 0.3 is 23.1 Å². The molecule has 4 atom stereocenters. The molecule has 0 aromatic carbocycles. The molecule has 2 aliphatic rings. The monoisotopic (exact) mass is 250 g/mol. The summed E-state index contributed by atoms with van der Waals surface area (Å²) in [6.07, 6.45) is 6.22. The van der Waals surface area contributed by atoms with Crippen molar-refractivity contribution in [2.45, 2.75) is 40.0 Å². The first-order chi connectivity index (χ1) is 6.41. The van der Waals surface area contributed by atoms with Crippen molar-refractivity contribution in [3.63, 3.8) is 0 Å². The van der Waals surface area contributed by atoms with Crippen molar-refractivity contribution in [1.29, 1.82) is 0 Å². The van der Waals surface area contributed by atoms with Crippen molar-refractivity contribution in [3.05, 3.63) is 19.6 Å². The van der Waals surface area contributed by atoms with Crippen molar-refractivity contribution in [3.8, 4) is 0 Å². The quantitative estimate of drug-likeness (QED) is 0.366. The smallest absolute Gasteiger partial charge is 1.00 e. The van der Waals surface area contributed by atoms with Crippen LogP contribution in [0.4, 0.5) is 0 Å². The molecule has 0 aromatic heterocycles. The molecule has 0 saturated heterocycles. The van der Waals surface area contributed by atoms with Gasteiger partial charge in [0.05, 0.1) is 0 Å². The van der Waals surface area contributed by atoms with Gasteiger partial charge in [-0.3, -0.25) is 0 Å². The van der Waals surface area contributed by atoms with E-state index in [0.29, 0.717) is 22.7 Å². The third-order valence-electron chi connectivity index (χ3n) is 4.92. The van der Waals surface area contributed by atoms with Crippen LogP contribution in [0, 0.1) is 35.5 Å². The molecule has 0 amide bonds. The normalized spacial score (nSPS) is 44.1. The summed E-state index contributed by atoms with van der Waals surface area (Å²) in [6, 6.07) is 0. The molecule has 0 N–H and O–H groups in total. The molecule has 0 radical (unpaired) electrons. The average molecular weight is 251 g/mol. The van der Waals surface area contributed by atoms with Gasteiger partial charge in [-0.25, -0.2) is 0 Å². The van der Waals surface area contributed by atoms with Crippen molar-refractivity contribution in [1.82, 2.24) is 0 Å². The van der Waals surface area contributed by atoms with Crippen molar-refractivity contribution in [2.75, 3.05) is 0 Å². The zero-order chi connectivity index (χ0) is 10.6. The van der Waals surface area contributed by atoms with Crippen LogP contribution >= 0.6 is 0 Å². The van der Waals surface area contributed by atoms with E-state index in [9.17, 15) is 0 Å². The third kappa shape index (κ3) is 2.33. The van der Waals surface area contributed by atoms with Crippen LogP contribution in [0.5, 0.6) is 0 Å². The molecule has 0 heterocycles. The van der Waals surface area contributed by atoms with Gasteiger partial charge in [0, 0.05) is 0 Å². The summed E-state index contributed by atoms with van der Waals surface area (Å²) < 4.78 is 0. The summed E-state index contributed by atoms with van der Waals surface area (Å²) in [5.41, 5.74) is 1.05. The van der Waals surface area contributed by atoms with Gasteiger partial charge in [-0.15, -0.1) is 6.58 Å². The Hall–Kier alpha value is 0.796.